The van der Waals surface area contributed by atoms with Crippen molar-refractivity contribution in [2.45, 2.75) is 6.92 Å². The van der Waals surface area contributed by atoms with Crippen LogP contribution in [0.15, 0.2) is 66.9 Å². The highest BCUT2D eigenvalue weighted by Crippen LogP contribution is 2.29. The van der Waals surface area contributed by atoms with Gasteiger partial charge in [-0.15, -0.1) is 0 Å². The van der Waals surface area contributed by atoms with Crippen LogP contribution in [0.4, 0.5) is 17.2 Å². The van der Waals surface area contributed by atoms with Gasteiger partial charge in [-0.05, 0) is 42.0 Å². The summed E-state index contributed by atoms with van der Waals surface area (Å²) in [6.07, 6.45) is 1.84. The minimum atomic E-state index is -0.114. The molecule has 2 aromatic heterocycles. The number of aryl methyl sites for hydroxylation is 1. The van der Waals surface area contributed by atoms with Gasteiger partial charge in [0.15, 0.2) is 0 Å². The van der Waals surface area contributed by atoms with Gasteiger partial charge < -0.3 is 20.1 Å². The van der Waals surface area contributed by atoms with Gasteiger partial charge in [-0.2, -0.15) is 0 Å². The lowest BCUT2D eigenvalue weighted by Crippen LogP contribution is -2.21. The maximum atomic E-state index is 12.1. The maximum absolute atomic E-state index is 12.1. The van der Waals surface area contributed by atoms with Crippen molar-refractivity contribution in [1.29, 1.82) is 0 Å². The van der Waals surface area contributed by atoms with Crippen LogP contribution in [0.25, 0.3) is 22.2 Å². The molecule has 0 fully saturated rings. The molecule has 0 saturated heterocycles. The van der Waals surface area contributed by atoms with Crippen LogP contribution in [0, 0.1) is 0 Å². The van der Waals surface area contributed by atoms with Crippen molar-refractivity contribution in [1.82, 2.24) is 14.5 Å². The van der Waals surface area contributed by atoms with E-state index in [1.54, 1.807) is 19.0 Å². The van der Waals surface area contributed by atoms with Crippen LogP contribution < -0.4 is 10.6 Å². The number of hydrogen-bond donors (Lipinski definition) is 2. The van der Waals surface area contributed by atoms with Crippen molar-refractivity contribution in [2.24, 2.45) is 7.05 Å². The summed E-state index contributed by atoms with van der Waals surface area (Å²) in [4.78, 5) is 29.6. The summed E-state index contributed by atoms with van der Waals surface area (Å²) in [6, 6.07) is 19.2. The Balaban J connectivity index is 1.62. The summed E-state index contributed by atoms with van der Waals surface area (Å²) in [5, 5.41) is 7.10. The second-order valence-electron chi connectivity index (χ2n) is 7.88. The van der Waals surface area contributed by atoms with Crippen LogP contribution >= 0.6 is 0 Å². The average molecular weight is 428 g/mol. The van der Waals surface area contributed by atoms with Crippen LogP contribution in [0.1, 0.15) is 17.3 Å². The number of carbonyl (C=O) groups excluding carboxylic acids is 2. The molecule has 0 saturated carbocycles. The normalized spacial score (nSPS) is 10.8. The summed E-state index contributed by atoms with van der Waals surface area (Å²) in [5.41, 5.74) is 5.31. The van der Waals surface area contributed by atoms with Gasteiger partial charge in [-0.25, -0.2) is 4.98 Å². The third-order valence-electron chi connectivity index (χ3n) is 5.22. The molecular formula is C25H25N5O2. The first-order valence-electron chi connectivity index (χ1n) is 10.2. The van der Waals surface area contributed by atoms with Gasteiger partial charge in [0.05, 0.1) is 5.52 Å². The highest BCUT2D eigenvalue weighted by atomic mass is 16.2. The third kappa shape index (κ3) is 4.32. The van der Waals surface area contributed by atoms with Crippen molar-refractivity contribution in [3.8, 4) is 11.3 Å². The molecule has 7 nitrogen and oxygen atoms in total. The minimum Gasteiger partial charge on any atom is -0.345 e. The Morgan fingerprint density at radius 1 is 0.969 bits per heavy atom. The molecule has 162 valence electrons. The quantitative estimate of drug-likeness (QED) is 0.486. The number of fused-ring (bicyclic) bond motifs is 1. The van der Waals surface area contributed by atoms with E-state index < -0.39 is 0 Å². The van der Waals surface area contributed by atoms with Gasteiger partial charge in [0.25, 0.3) is 5.91 Å². The Morgan fingerprint density at radius 3 is 2.38 bits per heavy atom. The van der Waals surface area contributed by atoms with Crippen LogP contribution in [0.2, 0.25) is 0 Å². The zero-order valence-electron chi connectivity index (χ0n) is 18.5. The predicted molar refractivity (Wildman–Crippen MR) is 128 cm³/mol. The van der Waals surface area contributed by atoms with Crippen LogP contribution in [-0.2, 0) is 11.8 Å². The molecule has 0 unspecified atom stereocenters. The Hall–Kier alpha value is -4.13. The van der Waals surface area contributed by atoms with Crippen LogP contribution in [-0.4, -0.2) is 40.4 Å². The molecule has 2 N–H and O–H groups in total. The van der Waals surface area contributed by atoms with E-state index in [1.807, 2.05) is 67.8 Å². The fourth-order valence-corrected chi connectivity index (χ4v) is 3.64. The van der Waals surface area contributed by atoms with E-state index in [-0.39, 0.29) is 11.8 Å². The van der Waals surface area contributed by atoms with Crippen LogP contribution in [0.3, 0.4) is 0 Å². The number of anilines is 3. The number of rotatable bonds is 5. The van der Waals surface area contributed by atoms with Crippen molar-refractivity contribution < 1.29 is 9.59 Å². The van der Waals surface area contributed by atoms with E-state index >= 15 is 0 Å². The smallest absolute Gasteiger partial charge is 0.253 e. The molecule has 0 spiro atoms. The molecule has 0 radical (unpaired) electrons. The number of benzene rings is 2. The van der Waals surface area contributed by atoms with Gasteiger partial charge in [0.2, 0.25) is 5.91 Å². The molecule has 0 aliphatic carbocycles. The summed E-state index contributed by atoms with van der Waals surface area (Å²) < 4.78 is 2.11. The Kier molecular flexibility index (Phi) is 5.64. The molecule has 7 heteroatoms. The standard InChI is InChI=1S/C25H25N5O2/c1-16(31)27-20-6-5-7-21(13-20)28-24-14-23-19(15-26-24)12-22(30(23)4)17-8-10-18(11-9-17)25(32)29(2)3/h5-15H,1-4H3,(H,26,28)(H,27,31). The molecule has 32 heavy (non-hydrogen) atoms. The lowest BCUT2D eigenvalue weighted by atomic mass is 10.1. The second-order valence-corrected chi connectivity index (χ2v) is 7.88. The van der Waals surface area contributed by atoms with E-state index in [0.29, 0.717) is 11.4 Å². The molecule has 0 bridgehead atoms. The average Bonchev–Trinajstić information content (AvgIpc) is 3.09. The number of pyridine rings is 1. The Morgan fingerprint density at radius 2 is 1.69 bits per heavy atom. The van der Waals surface area contributed by atoms with E-state index in [2.05, 4.69) is 26.3 Å². The Labute approximate surface area is 186 Å². The minimum absolute atomic E-state index is 0.0175. The van der Waals surface area contributed by atoms with E-state index in [4.69, 9.17) is 0 Å². The monoisotopic (exact) mass is 427 g/mol. The molecule has 2 aromatic carbocycles. The second kappa shape index (κ2) is 8.55. The molecule has 0 aliphatic heterocycles. The number of nitrogens with zero attached hydrogens (tertiary/aromatic N) is 3. The summed E-state index contributed by atoms with van der Waals surface area (Å²) in [5.74, 6) is 0.574. The maximum Gasteiger partial charge on any atom is 0.253 e. The number of nitrogens with one attached hydrogen (secondary N) is 2. The van der Waals surface area contributed by atoms with Crippen molar-refractivity contribution in [2.75, 3.05) is 24.7 Å². The molecule has 2 amide bonds. The first-order valence-corrected chi connectivity index (χ1v) is 10.2. The first kappa shape index (κ1) is 21.1. The SMILES string of the molecule is CC(=O)Nc1cccc(Nc2cc3c(cn2)cc(-c2ccc(C(=O)N(C)C)cc2)n3C)c1. The first-order chi connectivity index (χ1) is 15.3. The van der Waals surface area contributed by atoms with Gasteiger partial charge in [0.1, 0.15) is 5.82 Å². The van der Waals surface area contributed by atoms with Gasteiger partial charge >= 0.3 is 0 Å². The molecule has 0 atom stereocenters. The van der Waals surface area contributed by atoms with Crippen LogP contribution in [0.5, 0.6) is 0 Å². The van der Waals surface area contributed by atoms with Gasteiger partial charge in [0, 0.05) is 68.3 Å². The van der Waals surface area contributed by atoms with Gasteiger partial charge in [-0.1, -0.05) is 18.2 Å². The highest BCUT2D eigenvalue weighted by Gasteiger charge is 2.12. The lowest BCUT2D eigenvalue weighted by molar-refractivity contribution is -0.114. The number of amides is 2. The third-order valence-corrected chi connectivity index (χ3v) is 5.22. The zero-order chi connectivity index (χ0) is 22.8. The fourth-order valence-electron chi connectivity index (χ4n) is 3.64. The van der Waals surface area contributed by atoms with Crippen molar-refractivity contribution in [3.05, 3.63) is 72.4 Å². The zero-order valence-corrected chi connectivity index (χ0v) is 18.5. The summed E-state index contributed by atoms with van der Waals surface area (Å²) >= 11 is 0. The predicted octanol–water partition coefficient (Wildman–Crippen LogP) is 4.64. The van der Waals surface area contributed by atoms with Crippen molar-refractivity contribution >= 4 is 39.9 Å². The molecule has 0 aliphatic rings. The highest BCUT2D eigenvalue weighted by molar-refractivity contribution is 5.95. The molecule has 2 heterocycles. The largest absolute Gasteiger partial charge is 0.345 e. The van der Waals surface area contributed by atoms with E-state index in [9.17, 15) is 9.59 Å². The fraction of sp³-hybridized carbons (Fsp3) is 0.160. The summed E-state index contributed by atoms with van der Waals surface area (Å²) in [6.45, 7) is 1.48. The number of hydrogen-bond acceptors (Lipinski definition) is 4. The van der Waals surface area contributed by atoms with Crippen molar-refractivity contribution in [3.63, 3.8) is 0 Å². The molecular weight excluding hydrogens is 402 g/mol. The van der Waals surface area contributed by atoms with E-state index in [1.165, 1.54) is 6.92 Å². The molecule has 4 aromatic rings. The number of carbonyl (C=O) groups is 2. The summed E-state index contributed by atoms with van der Waals surface area (Å²) in [7, 11) is 5.50. The topological polar surface area (TPSA) is 79.3 Å². The lowest BCUT2D eigenvalue weighted by Gasteiger charge is -2.11. The number of aromatic nitrogens is 2. The molecule has 4 rings (SSSR count). The Bertz CT molecular complexity index is 1310. The van der Waals surface area contributed by atoms with E-state index in [0.717, 1.165) is 33.5 Å². The van der Waals surface area contributed by atoms with Gasteiger partial charge in [-0.3, -0.25) is 9.59 Å².